The summed E-state index contributed by atoms with van der Waals surface area (Å²) in [6, 6.07) is 6.10. The monoisotopic (exact) mass is 278 g/mol. The summed E-state index contributed by atoms with van der Waals surface area (Å²) in [5.41, 5.74) is 3.89. The molecule has 1 fully saturated rings. The summed E-state index contributed by atoms with van der Waals surface area (Å²) in [5.74, 6) is -0.121. The first kappa shape index (κ1) is 12.8. The molecule has 0 radical (unpaired) electrons. The molecule has 1 unspecified atom stereocenters. The van der Waals surface area contributed by atoms with E-state index >= 15 is 0 Å². The molecule has 2 aliphatic rings. The van der Waals surface area contributed by atoms with Crippen LogP contribution in [0.3, 0.4) is 0 Å². The number of nitrogens with one attached hydrogen (secondary N) is 1. The Balaban J connectivity index is 1.81. The maximum atomic E-state index is 11.0. The Kier molecular flexibility index (Phi) is 3.41. The Labute approximate surface area is 117 Å². The smallest absolute Gasteiger partial charge is 0.321 e. The van der Waals surface area contributed by atoms with Crippen molar-refractivity contribution >= 4 is 23.4 Å². The molecule has 1 aromatic carbocycles. The first-order chi connectivity index (χ1) is 9.15. The van der Waals surface area contributed by atoms with Crippen molar-refractivity contribution in [3.05, 3.63) is 29.3 Å². The van der Waals surface area contributed by atoms with Crippen molar-refractivity contribution in [1.82, 2.24) is 5.32 Å². The third-order valence-corrected chi connectivity index (χ3v) is 5.10. The number of hydrogen-bond donors (Lipinski definition) is 2. The minimum Gasteiger partial charge on any atom is -0.480 e. The minimum absolute atomic E-state index is 0.110. The number of aliphatic carboxylic acids is 1. The minimum atomic E-state index is -0.757. The highest BCUT2D eigenvalue weighted by atomic mass is 32.2. The van der Waals surface area contributed by atoms with Crippen molar-refractivity contribution in [2.24, 2.45) is 0 Å². The number of carboxylic acid groups (broad SMARTS) is 1. The second-order valence-electron chi connectivity index (χ2n) is 5.18. The van der Waals surface area contributed by atoms with Gasteiger partial charge in [0.2, 0.25) is 0 Å². The number of carbonyl (C=O) groups is 1. The van der Waals surface area contributed by atoms with Gasteiger partial charge in [0.05, 0.1) is 5.37 Å². The molecule has 0 amide bonds. The van der Waals surface area contributed by atoms with Gasteiger partial charge in [-0.1, -0.05) is 12.1 Å². The predicted octanol–water partition coefficient (Wildman–Crippen LogP) is 1.86. The number of hydrogen-bond acceptors (Lipinski definition) is 4. The highest BCUT2D eigenvalue weighted by Crippen LogP contribution is 2.36. The van der Waals surface area contributed by atoms with E-state index in [1.807, 2.05) is 0 Å². The fourth-order valence-electron chi connectivity index (χ4n) is 2.77. The van der Waals surface area contributed by atoms with Crippen molar-refractivity contribution in [3.8, 4) is 0 Å². The van der Waals surface area contributed by atoms with Gasteiger partial charge in [-0.25, -0.2) is 0 Å². The Morgan fingerprint density at radius 3 is 3.11 bits per heavy atom. The van der Waals surface area contributed by atoms with Gasteiger partial charge in [0.25, 0.3) is 0 Å². The lowest BCUT2D eigenvalue weighted by atomic mass is 9.99. The van der Waals surface area contributed by atoms with Gasteiger partial charge in [0.15, 0.2) is 0 Å². The highest BCUT2D eigenvalue weighted by Gasteiger charge is 2.30. The van der Waals surface area contributed by atoms with Crippen molar-refractivity contribution in [1.29, 1.82) is 0 Å². The molecule has 1 saturated heterocycles. The van der Waals surface area contributed by atoms with Crippen LogP contribution in [0.15, 0.2) is 18.2 Å². The lowest BCUT2D eigenvalue weighted by Crippen LogP contribution is -2.33. The maximum Gasteiger partial charge on any atom is 0.321 e. The number of nitrogens with zero attached hydrogens (tertiary/aromatic N) is 1. The molecule has 2 heterocycles. The fraction of sp³-hybridized carbons (Fsp3) is 0.500. The van der Waals surface area contributed by atoms with Gasteiger partial charge >= 0.3 is 5.97 Å². The summed E-state index contributed by atoms with van der Waals surface area (Å²) in [4.78, 5) is 13.3. The Bertz CT molecular complexity index is 506. The maximum absolute atomic E-state index is 11.0. The largest absolute Gasteiger partial charge is 0.480 e. The quantitative estimate of drug-likeness (QED) is 0.865. The van der Waals surface area contributed by atoms with E-state index in [2.05, 4.69) is 35.5 Å². The van der Waals surface area contributed by atoms with Gasteiger partial charge in [-0.05, 0) is 30.0 Å². The summed E-state index contributed by atoms with van der Waals surface area (Å²) >= 11 is 1.68. The van der Waals surface area contributed by atoms with E-state index in [-0.39, 0.29) is 5.37 Å². The average molecular weight is 278 g/mol. The summed E-state index contributed by atoms with van der Waals surface area (Å²) < 4.78 is 0. The molecule has 0 aromatic heterocycles. The van der Waals surface area contributed by atoms with Crippen LogP contribution in [-0.2, 0) is 11.2 Å². The van der Waals surface area contributed by atoms with E-state index in [0.29, 0.717) is 5.75 Å². The van der Waals surface area contributed by atoms with Crippen LogP contribution in [0.1, 0.15) is 22.9 Å². The molecule has 19 heavy (non-hydrogen) atoms. The number of anilines is 1. The molecule has 0 saturated carbocycles. The predicted molar refractivity (Wildman–Crippen MR) is 77.8 cm³/mol. The van der Waals surface area contributed by atoms with E-state index in [1.165, 1.54) is 23.2 Å². The number of benzene rings is 1. The molecular weight excluding hydrogens is 260 g/mol. The first-order valence-electron chi connectivity index (χ1n) is 6.59. The van der Waals surface area contributed by atoms with Crippen LogP contribution in [0.2, 0.25) is 0 Å². The van der Waals surface area contributed by atoms with Crippen LogP contribution in [0.25, 0.3) is 0 Å². The van der Waals surface area contributed by atoms with Gasteiger partial charge in [-0.2, -0.15) is 0 Å². The summed E-state index contributed by atoms with van der Waals surface area (Å²) in [5, 5.41) is 12.3. The standard InChI is InChI=1S/C14H18N2O2S/c1-16-6-2-3-9-7-10(4-5-12(9)16)13-15-11(8-19-13)14(17)18/h4-5,7,11,13,15H,2-3,6,8H2,1H3,(H,17,18)/t11-,13?/m1/s1. The van der Waals surface area contributed by atoms with E-state index in [0.717, 1.165) is 13.0 Å². The lowest BCUT2D eigenvalue weighted by molar-refractivity contribution is -0.138. The van der Waals surface area contributed by atoms with Crippen molar-refractivity contribution < 1.29 is 9.90 Å². The van der Waals surface area contributed by atoms with Crippen molar-refractivity contribution in [2.45, 2.75) is 24.3 Å². The van der Waals surface area contributed by atoms with Crippen LogP contribution < -0.4 is 10.2 Å². The van der Waals surface area contributed by atoms with Gasteiger partial charge in [0, 0.05) is 25.0 Å². The van der Waals surface area contributed by atoms with E-state index < -0.39 is 12.0 Å². The topological polar surface area (TPSA) is 52.6 Å². The molecular formula is C14H18N2O2S. The van der Waals surface area contributed by atoms with E-state index in [9.17, 15) is 4.79 Å². The van der Waals surface area contributed by atoms with Crippen LogP contribution >= 0.6 is 11.8 Å². The van der Waals surface area contributed by atoms with E-state index in [1.54, 1.807) is 11.8 Å². The molecule has 3 rings (SSSR count). The Morgan fingerprint density at radius 2 is 2.37 bits per heavy atom. The second-order valence-corrected chi connectivity index (χ2v) is 6.32. The molecule has 0 aliphatic carbocycles. The third kappa shape index (κ3) is 2.44. The number of aryl methyl sites for hydroxylation is 1. The van der Waals surface area contributed by atoms with Crippen LogP contribution in [-0.4, -0.2) is 36.5 Å². The van der Waals surface area contributed by atoms with Gasteiger partial charge in [-0.3, -0.25) is 10.1 Å². The summed E-state index contributed by atoms with van der Waals surface area (Å²) in [6.07, 6.45) is 2.31. The van der Waals surface area contributed by atoms with E-state index in [4.69, 9.17) is 5.11 Å². The number of thioether (sulfide) groups is 1. The van der Waals surface area contributed by atoms with Crippen LogP contribution in [0.4, 0.5) is 5.69 Å². The van der Waals surface area contributed by atoms with Crippen molar-refractivity contribution in [3.63, 3.8) is 0 Å². The molecule has 102 valence electrons. The average Bonchev–Trinajstić information content (AvgIpc) is 2.88. The number of fused-ring (bicyclic) bond motifs is 1. The molecule has 5 heteroatoms. The zero-order valence-electron chi connectivity index (χ0n) is 10.9. The SMILES string of the molecule is CN1CCCc2cc(C3N[C@@H](C(=O)O)CS3)ccc21. The third-order valence-electron chi connectivity index (χ3n) is 3.84. The first-order valence-corrected chi connectivity index (χ1v) is 7.64. The highest BCUT2D eigenvalue weighted by molar-refractivity contribution is 7.99. The zero-order chi connectivity index (χ0) is 13.4. The molecule has 0 spiro atoms. The summed E-state index contributed by atoms with van der Waals surface area (Å²) in [6.45, 7) is 1.11. The van der Waals surface area contributed by atoms with Crippen LogP contribution in [0, 0.1) is 0 Å². The molecule has 0 bridgehead atoms. The van der Waals surface area contributed by atoms with Crippen LogP contribution in [0.5, 0.6) is 0 Å². The molecule has 4 nitrogen and oxygen atoms in total. The van der Waals surface area contributed by atoms with Gasteiger partial charge < -0.3 is 10.0 Å². The van der Waals surface area contributed by atoms with Crippen molar-refractivity contribution in [2.75, 3.05) is 24.2 Å². The lowest BCUT2D eigenvalue weighted by Gasteiger charge is -2.28. The normalized spacial score (nSPS) is 26.3. The second kappa shape index (κ2) is 5.06. The molecule has 2 atom stereocenters. The molecule has 2 N–H and O–H groups in total. The number of rotatable bonds is 2. The Morgan fingerprint density at radius 1 is 1.53 bits per heavy atom. The molecule has 1 aromatic rings. The van der Waals surface area contributed by atoms with Gasteiger partial charge in [0.1, 0.15) is 6.04 Å². The zero-order valence-corrected chi connectivity index (χ0v) is 11.7. The summed E-state index contributed by atoms with van der Waals surface area (Å²) in [7, 11) is 2.13. The Hall–Kier alpha value is -1.20. The molecule has 2 aliphatic heterocycles. The van der Waals surface area contributed by atoms with Gasteiger partial charge in [-0.15, -0.1) is 11.8 Å². The fourth-order valence-corrected chi connectivity index (χ4v) is 4.00. The number of carboxylic acids is 1.